The molecule has 1 N–H and O–H groups in total. The number of carbonyl (C=O) groups is 1. The van der Waals surface area contributed by atoms with Gasteiger partial charge in [-0.05, 0) is 18.4 Å². The average Bonchev–Trinajstić information content (AvgIpc) is 3.11. The molecule has 6 heteroatoms. The lowest BCUT2D eigenvalue weighted by molar-refractivity contribution is 0.0861. The van der Waals surface area contributed by atoms with Crippen molar-refractivity contribution >= 4 is 6.09 Å². The van der Waals surface area contributed by atoms with Crippen LogP contribution >= 0.6 is 0 Å². The zero-order chi connectivity index (χ0) is 17.1. The highest BCUT2D eigenvalue weighted by atomic mass is 16.6. The van der Waals surface area contributed by atoms with E-state index in [0.29, 0.717) is 32.2 Å². The molecule has 0 atom stereocenters. The van der Waals surface area contributed by atoms with Crippen LogP contribution in [0.1, 0.15) is 41.3 Å². The minimum absolute atomic E-state index is 0.227. The Morgan fingerprint density at radius 3 is 2.88 bits per heavy atom. The summed E-state index contributed by atoms with van der Waals surface area (Å²) in [7, 11) is 0. The second-order valence-corrected chi connectivity index (χ2v) is 6.67. The average molecular weight is 341 g/mol. The third kappa shape index (κ3) is 3.54. The number of aromatic amines is 1. The number of nitrogens with zero attached hydrogens (tertiary/aromatic N) is 2. The molecule has 4 rings (SSSR count). The number of aromatic nitrogens is 2. The van der Waals surface area contributed by atoms with Crippen molar-refractivity contribution in [3.05, 3.63) is 52.8 Å². The monoisotopic (exact) mass is 341 g/mol. The standard InChI is InChI=1S/C19H23N3O3/c23-19(25-12-14-4-2-1-3-5-14)22-9-6-15(7-10-22)18-16-13-24-11-8-17(16)20-21-18/h1-5,15H,6-13H2,(H,20,21). The molecular weight excluding hydrogens is 318 g/mol. The number of ether oxygens (including phenoxy) is 2. The molecule has 3 heterocycles. The van der Waals surface area contributed by atoms with Gasteiger partial charge in [-0.25, -0.2) is 4.79 Å². The molecule has 6 nitrogen and oxygen atoms in total. The van der Waals surface area contributed by atoms with Gasteiger partial charge in [0.15, 0.2) is 0 Å². The van der Waals surface area contributed by atoms with Crippen LogP contribution in [0.3, 0.4) is 0 Å². The maximum Gasteiger partial charge on any atom is 0.410 e. The number of amides is 1. The Kier molecular flexibility index (Phi) is 4.70. The smallest absolute Gasteiger partial charge is 0.410 e. The molecule has 1 amide bonds. The molecule has 0 aliphatic carbocycles. The number of H-pyrrole nitrogens is 1. The van der Waals surface area contributed by atoms with E-state index in [0.717, 1.165) is 37.1 Å². The van der Waals surface area contributed by atoms with E-state index in [1.54, 1.807) is 4.90 Å². The summed E-state index contributed by atoms with van der Waals surface area (Å²) < 4.78 is 11.0. The number of benzene rings is 1. The van der Waals surface area contributed by atoms with Crippen molar-refractivity contribution < 1.29 is 14.3 Å². The highest BCUT2D eigenvalue weighted by Crippen LogP contribution is 2.32. The molecule has 2 aromatic rings. The number of nitrogens with one attached hydrogen (secondary N) is 1. The first-order valence-corrected chi connectivity index (χ1v) is 8.90. The van der Waals surface area contributed by atoms with Crippen molar-refractivity contribution in [1.29, 1.82) is 0 Å². The molecule has 2 aliphatic rings. The van der Waals surface area contributed by atoms with E-state index in [4.69, 9.17) is 9.47 Å². The first-order valence-electron chi connectivity index (χ1n) is 8.90. The molecule has 1 aromatic heterocycles. The molecule has 2 aliphatic heterocycles. The van der Waals surface area contributed by atoms with Gasteiger partial charge in [0.2, 0.25) is 0 Å². The zero-order valence-electron chi connectivity index (χ0n) is 14.2. The van der Waals surface area contributed by atoms with E-state index in [-0.39, 0.29) is 6.09 Å². The van der Waals surface area contributed by atoms with Crippen LogP contribution in [0.25, 0.3) is 0 Å². The molecular formula is C19H23N3O3. The van der Waals surface area contributed by atoms with Gasteiger partial charge in [0.25, 0.3) is 0 Å². The van der Waals surface area contributed by atoms with Gasteiger partial charge in [-0.1, -0.05) is 30.3 Å². The third-order valence-corrected chi connectivity index (χ3v) is 5.07. The molecule has 0 unspecified atom stereocenters. The SMILES string of the molecule is O=C(OCc1ccccc1)N1CCC(c2n[nH]c3c2COCC3)CC1. The Hall–Kier alpha value is -2.34. The molecule has 1 aromatic carbocycles. The van der Waals surface area contributed by atoms with Gasteiger partial charge < -0.3 is 14.4 Å². The van der Waals surface area contributed by atoms with E-state index < -0.39 is 0 Å². The van der Waals surface area contributed by atoms with E-state index in [2.05, 4.69) is 10.2 Å². The molecule has 0 bridgehead atoms. The predicted molar refractivity (Wildman–Crippen MR) is 92.1 cm³/mol. The van der Waals surface area contributed by atoms with Gasteiger partial charge in [-0.3, -0.25) is 5.10 Å². The van der Waals surface area contributed by atoms with E-state index in [1.807, 2.05) is 30.3 Å². The normalized spacial score (nSPS) is 18.0. The first-order chi connectivity index (χ1) is 12.3. The van der Waals surface area contributed by atoms with Crippen LogP contribution in [0.2, 0.25) is 0 Å². The number of hydrogen-bond donors (Lipinski definition) is 1. The summed E-state index contributed by atoms with van der Waals surface area (Å²) in [5.41, 5.74) is 4.59. The summed E-state index contributed by atoms with van der Waals surface area (Å²) in [6.45, 7) is 3.16. The largest absolute Gasteiger partial charge is 0.445 e. The van der Waals surface area contributed by atoms with Gasteiger partial charge in [0.05, 0.1) is 18.9 Å². The lowest BCUT2D eigenvalue weighted by atomic mass is 9.90. The lowest BCUT2D eigenvalue weighted by Crippen LogP contribution is -2.38. The van der Waals surface area contributed by atoms with Crippen LogP contribution in [0.5, 0.6) is 0 Å². The van der Waals surface area contributed by atoms with Gasteiger partial charge in [-0.2, -0.15) is 5.10 Å². The highest BCUT2D eigenvalue weighted by molar-refractivity contribution is 5.67. The Labute approximate surface area is 147 Å². The molecule has 25 heavy (non-hydrogen) atoms. The van der Waals surface area contributed by atoms with Crippen LogP contribution in [0, 0.1) is 0 Å². The van der Waals surface area contributed by atoms with Gasteiger partial charge in [-0.15, -0.1) is 0 Å². The van der Waals surface area contributed by atoms with E-state index >= 15 is 0 Å². The summed E-state index contributed by atoms with van der Waals surface area (Å²) in [5.74, 6) is 0.389. The number of rotatable bonds is 3. The van der Waals surface area contributed by atoms with Crippen molar-refractivity contribution in [2.45, 2.75) is 38.4 Å². The Bertz CT molecular complexity index is 721. The summed E-state index contributed by atoms with van der Waals surface area (Å²) >= 11 is 0. The number of likely N-dealkylation sites (tertiary alicyclic amines) is 1. The Morgan fingerprint density at radius 1 is 1.28 bits per heavy atom. The van der Waals surface area contributed by atoms with Gasteiger partial charge in [0.1, 0.15) is 6.61 Å². The fraction of sp³-hybridized carbons (Fsp3) is 0.474. The molecule has 132 valence electrons. The van der Waals surface area contributed by atoms with E-state index in [9.17, 15) is 4.79 Å². The fourth-order valence-corrected chi connectivity index (χ4v) is 3.62. The maximum atomic E-state index is 12.3. The van der Waals surface area contributed by atoms with Crippen LogP contribution in [0.4, 0.5) is 4.79 Å². The number of piperidine rings is 1. The molecule has 0 radical (unpaired) electrons. The summed E-state index contributed by atoms with van der Waals surface area (Å²) in [5, 5.41) is 7.69. The zero-order valence-corrected chi connectivity index (χ0v) is 14.2. The summed E-state index contributed by atoms with van der Waals surface area (Å²) in [4.78, 5) is 14.1. The van der Waals surface area contributed by atoms with Crippen molar-refractivity contribution in [2.24, 2.45) is 0 Å². The number of carbonyl (C=O) groups excluding carboxylic acids is 1. The Balaban J connectivity index is 1.31. The summed E-state index contributed by atoms with van der Waals surface area (Å²) in [6.07, 6.45) is 2.51. The summed E-state index contributed by atoms with van der Waals surface area (Å²) in [6, 6.07) is 9.77. The minimum Gasteiger partial charge on any atom is -0.445 e. The van der Waals surface area contributed by atoms with Crippen LogP contribution in [0.15, 0.2) is 30.3 Å². The molecule has 1 fully saturated rings. The van der Waals surface area contributed by atoms with Gasteiger partial charge >= 0.3 is 6.09 Å². The second-order valence-electron chi connectivity index (χ2n) is 6.67. The maximum absolute atomic E-state index is 12.3. The topological polar surface area (TPSA) is 67.5 Å². The van der Waals surface area contributed by atoms with E-state index in [1.165, 1.54) is 11.3 Å². The third-order valence-electron chi connectivity index (χ3n) is 5.07. The molecule has 1 saturated heterocycles. The minimum atomic E-state index is -0.227. The van der Waals surface area contributed by atoms with Crippen LogP contribution in [-0.4, -0.2) is 40.9 Å². The lowest BCUT2D eigenvalue weighted by Gasteiger charge is -2.31. The van der Waals surface area contributed by atoms with Gasteiger partial charge in [0, 0.05) is 36.7 Å². The van der Waals surface area contributed by atoms with Crippen molar-refractivity contribution in [1.82, 2.24) is 15.1 Å². The fourth-order valence-electron chi connectivity index (χ4n) is 3.62. The van der Waals surface area contributed by atoms with Crippen LogP contribution < -0.4 is 0 Å². The quantitative estimate of drug-likeness (QED) is 0.932. The molecule has 0 saturated carbocycles. The van der Waals surface area contributed by atoms with Crippen LogP contribution in [-0.2, 0) is 29.1 Å². The number of fused-ring (bicyclic) bond motifs is 1. The highest BCUT2D eigenvalue weighted by Gasteiger charge is 2.29. The number of hydrogen-bond acceptors (Lipinski definition) is 4. The Morgan fingerprint density at radius 2 is 2.08 bits per heavy atom. The first kappa shape index (κ1) is 16.1. The predicted octanol–water partition coefficient (Wildman–Crippen LogP) is 3.00. The van der Waals surface area contributed by atoms with Crippen molar-refractivity contribution in [3.63, 3.8) is 0 Å². The van der Waals surface area contributed by atoms with Crippen molar-refractivity contribution in [2.75, 3.05) is 19.7 Å². The molecule has 0 spiro atoms. The van der Waals surface area contributed by atoms with Crippen molar-refractivity contribution in [3.8, 4) is 0 Å². The second kappa shape index (κ2) is 7.27.